The molecule has 0 aliphatic carbocycles. The summed E-state index contributed by atoms with van der Waals surface area (Å²) >= 11 is 6.18. The van der Waals surface area contributed by atoms with Gasteiger partial charge in [-0.15, -0.1) is 0 Å². The molecule has 3 aromatic rings. The van der Waals surface area contributed by atoms with Gasteiger partial charge in [0.15, 0.2) is 0 Å². The number of rotatable bonds is 5. The van der Waals surface area contributed by atoms with Gasteiger partial charge in [0.1, 0.15) is 0 Å². The zero-order valence-corrected chi connectivity index (χ0v) is 14.8. The van der Waals surface area contributed by atoms with Crippen LogP contribution in [-0.4, -0.2) is 5.91 Å². The zero-order valence-electron chi connectivity index (χ0n) is 14.1. The molecule has 0 saturated heterocycles. The predicted octanol–water partition coefficient (Wildman–Crippen LogP) is 5.10. The molecule has 3 aromatic carbocycles. The Bertz CT molecular complexity index is 861. The first-order chi connectivity index (χ1) is 12.1. The van der Waals surface area contributed by atoms with E-state index in [1.54, 1.807) is 6.07 Å². The number of halogens is 1. The van der Waals surface area contributed by atoms with E-state index in [2.05, 4.69) is 24.4 Å². The number of carbonyl (C=O) groups is 1. The summed E-state index contributed by atoms with van der Waals surface area (Å²) in [5, 5.41) is 3.77. The topological polar surface area (TPSA) is 29.1 Å². The average Bonchev–Trinajstić information content (AvgIpc) is 2.62. The maximum Gasteiger partial charge on any atom is 0.225 e. The second kappa shape index (κ2) is 8.00. The van der Waals surface area contributed by atoms with Gasteiger partial charge in [-0.25, -0.2) is 0 Å². The Morgan fingerprint density at radius 3 is 2.32 bits per heavy atom. The van der Waals surface area contributed by atoms with Crippen LogP contribution in [0.1, 0.15) is 28.3 Å². The number of nitrogens with one attached hydrogen (secondary N) is 1. The molecule has 0 saturated carbocycles. The molecule has 0 aromatic heterocycles. The first kappa shape index (κ1) is 17.2. The van der Waals surface area contributed by atoms with Crippen LogP contribution in [-0.2, 0) is 11.2 Å². The Balaban J connectivity index is 1.85. The fourth-order valence-corrected chi connectivity index (χ4v) is 3.08. The van der Waals surface area contributed by atoms with Crippen molar-refractivity contribution in [3.63, 3.8) is 0 Å². The molecule has 0 unspecified atom stereocenters. The second-order valence-electron chi connectivity index (χ2n) is 6.09. The molecule has 1 amide bonds. The third-order valence-corrected chi connectivity index (χ3v) is 4.49. The fourth-order valence-electron chi connectivity index (χ4n) is 2.88. The van der Waals surface area contributed by atoms with Crippen LogP contribution in [0.4, 0.5) is 0 Å². The van der Waals surface area contributed by atoms with E-state index in [4.69, 9.17) is 11.6 Å². The summed E-state index contributed by atoms with van der Waals surface area (Å²) in [6, 6.07) is 25.5. The maximum absolute atomic E-state index is 12.6. The van der Waals surface area contributed by atoms with Gasteiger partial charge >= 0.3 is 0 Å². The van der Waals surface area contributed by atoms with E-state index in [-0.39, 0.29) is 18.4 Å². The van der Waals surface area contributed by atoms with Gasteiger partial charge in [-0.05, 0) is 29.7 Å². The number of amides is 1. The molecular formula is C22H20ClNO. The molecule has 3 rings (SSSR count). The summed E-state index contributed by atoms with van der Waals surface area (Å²) in [6.45, 7) is 2.05. The number of benzene rings is 3. The third kappa shape index (κ3) is 4.49. The Morgan fingerprint density at radius 2 is 1.60 bits per heavy atom. The van der Waals surface area contributed by atoms with Crippen LogP contribution in [0.15, 0.2) is 78.9 Å². The average molecular weight is 350 g/mol. The smallest absolute Gasteiger partial charge is 0.225 e. The van der Waals surface area contributed by atoms with Crippen LogP contribution < -0.4 is 5.32 Å². The largest absolute Gasteiger partial charge is 0.345 e. The molecule has 1 atom stereocenters. The molecule has 0 bridgehead atoms. The first-order valence-electron chi connectivity index (χ1n) is 8.28. The normalized spacial score (nSPS) is 11.8. The van der Waals surface area contributed by atoms with Crippen molar-refractivity contribution in [3.8, 4) is 0 Å². The molecule has 3 heteroatoms. The van der Waals surface area contributed by atoms with E-state index in [1.807, 2.05) is 60.7 Å². The van der Waals surface area contributed by atoms with Gasteiger partial charge < -0.3 is 5.32 Å². The van der Waals surface area contributed by atoms with Gasteiger partial charge in [0.05, 0.1) is 12.5 Å². The lowest BCUT2D eigenvalue weighted by Crippen LogP contribution is -2.30. The quantitative estimate of drug-likeness (QED) is 0.682. The van der Waals surface area contributed by atoms with Crippen LogP contribution in [0.3, 0.4) is 0 Å². The first-order valence-corrected chi connectivity index (χ1v) is 8.65. The monoisotopic (exact) mass is 349 g/mol. The Labute approximate surface area is 153 Å². The van der Waals surface area contributed by atoms with Crippen molar-refractivity contribution in [1.29, 1.82) is 0 Å². The van der Waals surface area contributed by atoms with Gasteiger partial charge in [-0.2, -0.15) is 0 Å². The fraction of sp³-hybridized carbons (Fsp3) is 0.136. The second-order valence-corrected chi connectivity index (χ2v) is 6.50. The van der Waals surface area contributed by atoms with Gasteiger partial charge in [-0.1, -0.05) is 90.0 Å². The molecular weight excluding hydrogens is 330 g/mol. The highest BCUT2D eigenvalue weighted by atomic mass is 35.5. The van der Waals surface area contributed by atoms with Crippen LogP contribution in [0.2, 0.25) is 5.02 Å². The molecule has 2 nitrogen and oxygen atoms in total. The number of aryl methyl sites for hydroxylation is 1. The van der Waals surface area contributed by atoms with Crippen molar-refractivity contribution in [2.75, 3.05) is 0 Å². The van der Waals surface area contributed by atoms with Gasteiger partial charge in [-0.3, -0.25) is 4.79 Å². The van der Waals surface area contributed by atoms with Crippen LogP contribution >= 0.6 is 11.6 Å². The van der Waals surface area contributed by atoms with Gasteiger partial charge in [0.25, 0.3) is 0 Å². The molecule has 126 valence electrons. The van der Waals surface area contributed by atoms with Crippen molar-refractivity contribution in [2.45, 2.75) is 19.4 Å². The number of hydrogen-bond acceptors (Lipinski definition) is 1. The van der Waals surface area contributed by atoms with E-state index in [0.717, 1.165) is 16.7 Å². The van der Waals surface area contributed by atoms with Crippen LogP contribution in [0, 0.1) is 6.92 Å². The van der Waals surface area contributed by atoms with Crippen LogP contribution in [0.25, 0.3) is 0 Å². The van der Waals surface area contributed by atoms with Crippen molar-refractivity contribution in [1.82, 2.24) is 5.32 Å². The van der Waals surface area contributed by atoms with Gasteiger partial charge in [0, 0.05) is 5.02 Å². The summed E-state index contributed by atoms with van der Waals surface area (Å²) in [5.74, 6) is -0.0524. The minimum Gasteiger partial charge on any atom is -0.345 e. The molecule has 25 heavy (non-hydrogen) atoms. The number of hydrogen-bond donors (Lipinski definition) is 1. The SMILES string of the molecule is Cc1cccc([C@H](NC(=O)Cc2ccccc2Cl)c2ccccc2)c1. The van der Waals surface area contributed by atoms with Crippen molar-refractivity contribution in [3.05, 3.63) is 106 Å². The summed E-state index contributed by atoms with van der Waals surface area (Å²) in [6.07, 6.45) is 0.259. The van der Waals surface area contributed by atoms with E-state index in [1.165, 1.54) is 5.56 Å². The summed E-state index contributed by atoms with van der Waals surface area (Å²) in [7, 11) is 0. The summed E-state index contributed by atoms with van der Waals surface area (Å²) in [4.78, 5) is 12.6. The van der Waals surface area contributed by atoms with Crippen LogP contribution in [0.5, 0.6) is 0 Å². The standard InChI is InChI=1S/C22H20ClNO/c1-16-8-7-12-19(14-16)22(17-9-3-2-4-10-17)24-21(25)15-18-11-5-6-13-20(18)23/h2-14,22H,15H2,1H3,(H,24,25)/t22-/m1/s1. The zero-order chi connectivity index (χ0) is 17.6. The molecule has 0 radical (unpaired) electrons. The van der Waals surface area contributed by atoms with Gasteiger partial charge in [0.2, 0.25) is 5.91 Å². The van der Waals surface area contributed by atoms with E-state index in [9.17, 15) is 4.79 Å². The Hall–Kier alpha value is -2.58. The van der Waals surface area contributed by atoms with Crippen molar-refractivity contribution >= 4 is 17.5 Å². The van der Waals surface area contributed by atoms with E-state index < -0.39 is 0 Å². The third-order valence-electron chi connectivity index (χ3n) is 4.12. The maximum atomic E-state index is 12.6. The summed E-state index contributed by atoms with van der Waals surface area (Å²) < 4.78 is 0. The molecule has 0 aliphatic rings. The van der Waals surface area contributed by atoms with Crippen molar-refractivity contribution < 1.29 is 4.79 Å². The molecule has 0 spiro atoms. The molecule has 1 N–H and O–H groups in total. The lowest BCUT2D eigenvalue weighted by molar-refractivity contribution is -0.120. The molecule has 0 heterocycles. The molecule has 0 aliphatic heterocycles. The lowest BCUT2D eigenvalue weighted by atomic mass is 9.97. The minimum atomic E-state index is -0.184. The summed E-state index contributed by atoms with van der Waals surface area (Å²) in [5.41, 5.74) is 4.12. The minimum absolute atomic E-state index is 0.0524. The lowest BCUT2D eigenvalue weighted by Gasteiger charge is -2.20. The number of carbonyl (C=O) groups excluding carboxylic acids is 1. The molecule has 0 fully saturated rings. The Kier molecular flexibility index (Phi) is 5.52. The Morgan fingerprint density at radius 1 is 0.920 bits per heavy atom. The van der Waals surface area contributed by atoms with E-state index in [0.29, 0.717) is 5.02 Å². The van der Waals surface area contributed by atoms with E-state index >= 15 is 0 Å². The highest BCUT2D eigenvalue weighted by molar-refractivity contribution is 6.31. The van der Waals surface area contributed by atoms with Crippen molar-refractivity contribution in [2.24, 2.45) is 0 Å². The highest BCUT2D eigenvalue weighted by Gasteiger charge is 2.17. The highest BCUT2D eigenvalue weighted by Crippen LogP contribution is 2.23. The predicted molar refractivity (Wildman–Crippen MR) is 103 cm³/mol.